The quantitative estimate of drug-likeness (QED) is 0.393. The summed E-state index contributed by atoms with van der Waals surface area (Å²) in [6.45, 7) is 4.42. The van der Waals surface area contributed by atoms with Gasteiger partial charge in [0.15, 0.2) is 0 Å². The molecule has 3 aromatic rings. The molecule has 0 saturated heterocycles. The summed E-state index contributed by atoms with van der Waals surface area (Å²) in [5.74, 6) is -0.144. The number of carboxylic acids is 1. The maximum atomic E-state index is 11.1. The lowest BCUT2D eigenvalue weighted by Crippen LogP contribution is -2.28. The molecule has 0 radical (unpaired) electrons. The van der Waals surface area contributed by atoms with Gasteiger partial charge >= 0.3 is 5.97 Å². The standard InChI is InChI=1S/C29H31NO3/c1-2-6-26(19-29(31)32)24-14-16-27(17-15-24)33-21-23-12-10-22(11-13-23)20-30-18-5-8-25-7-3-4-9-28(25)30/h2-4,6-7,9-17,26H,5,8,18-21H2,1H3,(H,31,32)/t26-/m1/s1. The van der Waals surface area contributed by atoms with E-state index in [4.69, 9.17) is 9.84 Å². The second-order valence-electron chi connectivity index (χ2n) is 8.56. The van der Waals surface area contributed by atoms with E-state index in [1.54, 1.807) is 0 Å². The van der Waals surface area contributed by atoms with E-state index in [1.807, 2.05) is 43.3 Å². The summed E-state index contributed by atoms with van der Waals surface area (Å²) in [5, 5.41) is 9.13. The van der Waals surface area contributed by atoms with E-state index < -0.39 is 5.97 Å². The van der Waals surface area contributed by atoms with Crippen molar-refractivity contribution in [3.05, 3.63) is 107 Å². The van der Waals surface area contributed by atoms with Crippen molar-refractivity contribution >= 4 is 11.7 Å². The average molecular weight is 442 g/mol. The Balaban J connectivity index is 1.33. The molecule has 1 atom stereocenters. The van der Waals surface area contributed by atoms with Crippen LogP contribution in [0.3, 0.4) is 0 Å². The predicted molar refractivity (Wildman–Crippen MR) is 133 cm³/mol. The molecule has 4 rings (SSSR count). The smallest absolute Gasteiger partial charge is 0.304 e. The molecule has 0 aromatic heterocycles. The molecule has 33 heavy (non-hydrogen) atoms. The van der Waals surface area contributed by atoms with Crippen LogP contribution in [0.4, 0.5) is 5.69 Å². The fourth-order valence-electron chi connectivity index (χ4n) is 4.43. The van der Waals surface area contributed by atoms with E-state index >= 15 is 0 Å². The molecule has 0 bridgehead atoms. The van der Waals surface area contributed by atoms with Crippen LogP contribution >= 0.6 is 0 Å². The van der Waals surface area contributed by atoms with Crippen molar-refractivity contribution in [1.29, 1.82) is 0 Å². The summed E-state index contributed by atoms with van der Waals surface area (Å²) in [6, 6.07) is 25.1. The summed E-state index contributed by atoms with van der Waals surface area (Å²) in [4.78, 5) is 13.6. The van der Waals surface area contributed by atoms with E-state index in [0.717, 1.165) is 30.0 Å². The Morgan fingerprint density at radius 2 is 1.76 bits per heavy atom. The highest BCUT2D eigenvalue weighted by atomic mass is 16.5. The van der Waals surface area contributed by atoms with E-state index in [-0.39, 0.29) is 12.3 Å². The van der Waals surface area contributed by atoms with Crippen molar-refractivity contribution in [3.63, 3.8) is 0 Å². The molecular formula is C29H31NO3. The Kier molecular flexibility index (Phi) is 7.46. The molecule has 4 nitrogen and oxygen atoms in total. The van der Waals surface area contributed by atoms with Gasteiger partial charge in [0.1, 0.15) is 12.4 Å². The minimum Gasteiger partial charge on any atom is -0.489 e. The molecule has 1 N–H and O–H groups in total. The number of fused-ring (bicyclic) bond motifs is 1. The van der Waals surface area contributed by atoms with Gasteiger partial charge in [-0.05, 0) is 60.2 Å². The summed E-state index contributed by atoms with van der Waals surface area (Å²) < 4.78 is 5.96. The average Bonchev–Trinajstić information content (AvgIpc) is 2.84. The van der Waals surface area contributed by atoms with E-state index in [1.165, 1.54) is 29.7 Å². The first-order chi connectivity index (χ1) is 16.1. The molecule has 3 aromatic carbocycles. The fraction of sp³-hybridized carbons (Fsp3) is 0.276. The normalized spacial score (nSPS) is 14.2. The number of aryl methyl sites for hydroxylation is 1. The lowest BCUT2D eigenvalue weighted by molar-refractivity contribution is -0.137. The van der Waals surface area contributed by atoms with Crippen LogP contribution in [0, 0.1) is 0 Å². The number of allylic oxidation sites excluding steroid dienone is 2. The lowest BCUT2D eigenvalue weighted by atomic mass is 9.95. The van der Waals surface area contributed by atoms with Gasteiger partial charge < -0.3 is 14.7 Å². The molecule has 4 heteroatoms. The Morgan fingerprint density at radius 3 is 2.48 bits per heavy atom. The van der Waals surface area contributed by atoms with Crippen molar-refractivity contribution in [2.75, 3.05) is 11.4 Å². The van der Waals surface area contributed by atoms with Gasteiger partial charge in [0, 0.05) is 24.7 Å². The number of para-hydroxylation sites is 1. The van der Waals surface area contributed by atoms with Gasteiger partial charge in [0.05, 0.1) is 6.42 Å². The first-order valence-electron chi connectivity index (χ1n) is 11.6. The minimum absolute atomic E-state index is 0.0832. The van der Waals surface area contributed by atoms with E-state index in [2.05, 4.69) is 53.4 Å². The third kappa shape index (κ3) is 6.04. The summed E-state index contributed by atoms with van der Waals surface area (Å²) in [5.41, 5.74) is 6.21. The van der Waals surface area contributed by atoms with E-state index in [0.29, 0.717) is 6.61 Å². The molecule has 1 aliphatic heterocycles. The number of ether oxygens (including phenoxy) is 1. The van der Waals surface area contributed by atoms with Crippen LogP contribution in [0.15, 0.2) is 84.9 Å². The number of hydrogen-bond acceptors (Lipinski definition) is 3. The van der Waals surface area contributed by atoms with Gasteiger partial charge in [0.2, 0.25) is 0 Å². The van der Waals surface area contributed by atoms with Gasteiger partial charge in [-0.15, -0.1) is 0 Å². The molecule has 0 amide bonds. The number of benzene rings is 3. The maximum absolute atomic E-state index is 11.1. The molecular weight excluding hydrogens is 410 g/mol. The Bertz CT molecular complexity index is 1090. The second kappa shape index (κ2) is 10.9. The highest BCUT2D eigenvalue weighted by Crippen LogP contribution is 2.28. The third-order valence-corrected chi connectivity index (χ3v) is 6.14. The second-order valence-corrected chi connectivity index (χ2v) is 8.56. The fourth-order valence-corrected chi connectivity index (χ4v) is 4.43. The predicted octanol–water partition coefficient (Wildman–Crippen LogP) is 6.35. The first kappa shape index (κ1) is 22.7. The zero-order chi connectivity index (χ0) is 23.0. The van der Waals surface area contributed by atoms with Crippen LogP contribution in [0.5, 0.6) is 5.75 Å². The lowest BCUT2D eigenvalue weighted by Gasteiger charge is -2.31. The summed E-state index contributed by atoms with van der Waals surface area (Å²) in [6.07, 6.45) is 6.27. The van der Waals surface area contributed by atoms with Crippen molar-refractivity contribution < 1.29 is 14.6 Å². The van der Waals surface area contributed by atoms with Gasteiger partial charge in [-0.3, -0.25) is 4.79 Å². The molecule has 170 valence electrons. The van der Waals surface area contributed by atoms with Crippen molar-refractivity contribution in [2.24, 2.45) is 0 Å². The number of rotatable bonds is 9. The van der Waals surface area contributed by atoms with Crippen LogP contribution in [0.2, 0.25) is 0 Å². The highest BCUT2D eigenvalue weighted by molar-refractivity contribution is 5.68. The van der Waals surface area contributed by atoms with Crippen LogP contribution in [0.25, 0.3) is 0 Å². The van der Waals surface area contributed by atoms with Gasteiger partial charge in [-0.25, -0.2) is 0 Å². The molecule has 1 aliphatic rings. The number of hydrogen-bond donors (Lipinski definition) is 1. The first-order valence-corrected chi connectivity index (χ1v) is 11.6. The van der Waals surface area contributed by atoms with Crippen molar-refractivity contribution in [2.45, 2.75) is 45.3 Å². The molecule has 0 spiro atoms. The summed E-state index contributed by atoms with van der Waals surface area (Å²) in [7, 11) is 0. The molecule has 0 fully saturated rings. The Morgan fingerprint density at radius 1 is 1.03 bits per heavy atom. The van der Waals surface area contributed by atoms with E-state index in [9.17, 15) is 4.79 Å². The zero-order valence-electron chi connectivity index (χ0n) is 19.1. The number of carbonyl (C=O) groups is 1. The van der Waals surface area contributed by atoms with Crippen LogP contribution in [-0.2, 0) is 24.4 Å². The number of carboxylic acid groups (broad SMARTS) is 1. The number of anilines is 1. The number of aliphatic carboxylic acids is 1. The highest BCUT2D eigenvalue weighted by Gasteiger charge is 2.16. The van der Waals surface area contributed by atoms with Crippen LogP contribution in [0.1, 0.15) is 47.9 Å². The van der Waals surface area contributed by atoms with Crippen LogP contribution in [-0.4, -0.2) is 17.6 Å². The van der Waals surface area contributed by atoms with Gasteiger partial charge in [-0.1, -0.05) is 66.7 Å². The largest absolute Gasteiger partial charge is 0.489 e. The van der Waals surface area contributed by atoms with Crippen LogP contribution < -0.4 is 9.64 Å². The van der Waals surface area contributed by atoms with Crippen molar-refractivity contribution in [3.8, 4) is 5.75 Å². The summed E-state index contributed by atoms with van der Waals surface area (Å²) >= 11 is 0. The Labute approximate surface area is 196 Å². The SMILES string of the molecule is CC=C[C@H](CC(=O)O)c1ccc(OCc2ccc(CN3CCCc4ccccc43)cc2)cc1. The molecule has 0 saturated carbocycles. The number of nitrogens with zero attached hydrogens (tertiary/aromatic N) is 1. The maximum Gasteiger partial charge on any atom is 0.304 e. The minimum atomic E-state index is -0.800. The topological polar surface area (TPSA) is 49.8 Å². The molecule has 0 aliphatic carbocycles. The Hall–Kier alpha value is -3.53. The molecule has 1 heterocycles. The monoisotopic (exact) mass is 441 g/mol. The zero-order valence-corrected chi connectivity index (χ0v) is 19.1. The van der Waals surface area contributed by atoms with Gasteiger partial charge in [-0.2, -0.15) is 0 Å². The molecule has 0 unspecified atom stereocenters. The van der Waals surface area contributed by atoms with Gasteiger partial charge in [0.25, 0.3) is 0 Å². The van der Waals surface area contributed by atoms with Crippen molar-refractivity contribution in [1.82, 2.24) is 0 Å². The third-order valence-electron chi connectivity index (χ3n) is 6.14.